The summed E-state index contributed by atoms with van der Waals surface area (Å²) in [7, 11) is -0.556. The van der Waals surface area contributed by atoms with E-state index < -0.39 is 10.0 Å². The van der Waals surface area contributed by atoms with Gasteiger partial charge in [-0.3, -0.25) is 0 Å². The minimum Gasteiger partial charge on any atom is -0.447 e. The SMILES string of the molecule is CN(C)S(=O)(=O)c1ccc(CNCc2cscn2)o1. The van der Waals surface area contributed by atoms with Crippen molar-refractivity contribution in [1.29, 1.82) is 0 Å². The van der Waals surface area contributed by atoms with Gasteiger partial charge in [0.1, 0.15) is 5.76 Å². The van der Waals surface area contributed by atoms with Crippen LogP contribution in [0.15, 0.2) is 32.5 Å². The second kappa shape index (κ2) is 5.83. The van der Waals surface area contributed by atoms with Crippen LogP contribution in [0, 0.1) is 0 Å². The summed E-state index contributed by atoms with van der Waals surface area (Å²) in [4.78, 5) is 4.14. The number of thiazole rings is 1. The number of nitrogens with zero attached hydrogens (tertiary/aromatic N) is 2. The van der Waals surface area contributed by atoms with Gasteiger partial charge in [0, 0.05) is 26.0 Å². The Kier molecular flexibility index (Phi) is 4.35. The van der Waals surface area contributed by atoms with Crippen LogP contribution in [0.3, 0.4) is 0 Å². The minimum absolute atomic E-state index is 0.0389. The van der Waals surface area contributed by atoms with Gasteiger partial charge in [-0.1, -0.05) is 0 Å². The number of aromatic nitrogens is 1. The predicted molar refractivity (Wildman–Crippen MR) is 72.2 cm³/mol. The molecule has 1 N–H and O–H groups in total. The Morgan fingerprint density at radius 3 is 2.79 bits per heavy atom. The summed E-state index contributed by atoms with van der Waals surface area (Å²) >= 11 is 1.54. The van der Waals surface area contributed by atoms with E-state index in [2.05, 4.69) is 10.3 Å². The van der Waals surface area contributed by atoms with Crippen LogP contribution in [0.4, 0.5) is 0 Å². The largest absolute Gasteiger partial charge is 0.447 e. The summed E-state index contributed by atoms with van der Waals surface area (Å²) < 4.78 is 30.1. The van der Waals surface area contributed by atoms with E-state index in [1.54, 1.807) is 11.6 Å². The maximum Gasteiger partial charge on any atom is 0.275 e. The lowest BCUT2D eigenvalue weighted by molar-refractivity contribution is 0.389. The highest BCUT2D eigenvalue weighted by Crippen LogP contribution is 2.16. The third-order valence-electron chi connectivity index (χ3n) is 2.46. The van der Waals surface area contributed by atoms with Crippen molar-refractivity contribution in [2.45, 2.75) is 18.2 Å². The fraction of sp³-hybridized carbons (Fsp3) is 0.364. The summed E-state index contributed by atoms with van der Waals surface area (Å²) in [5.74, 6) is 0.579. The van der Waals surface area contributed by atoms with Gasteiger partial charge in [-0.25, -0.2) is 17.7 Å². The molecule has 0 atom stereocenters. The summed E-state index contributed by atoms with van der Waals surface area (Å²) in [6, 6.07) is 3.12. The lowest BCUT2D eigenvalue weighted by Gasteiger charge is -2.07. The second-order valence-electron chi connectivity index (χ2n) is 4.09. The van der Waals surface area contributed by atoms with Gasteiger partial charge in [0.25, 0.3) is 10.0 Å². The number of hydrogen-bond acceptors (Lipinski definition) is 6. The van der Waals surface area contributed by atoms with Crippen molar-refractivity contribution in [3.8, 4) is 0 Å². The molecule has 0 saturated heterocycles. The normalized spacial score (nSPS) is 12.2. The molecule has 0 saturated carbocycles. The molecule has 2 heterocycles. The third-order valence-corrected chi connectivity index (χ3v) is 4.79. The van der Waals surface area contributed by atoms with Gasteiger partial charge in [-0.2, -0.15) is 0 Å². The average Bonchev–Trinajstić information content (AvgIpc) is 2.99. The molecule has 0 bridgehead atoms. The molecular weight excluding hydrogens is 286 g/mol. The summed E-state index contributed by atoms with van der Waals surface area (Å²) in [5.41, 5.74) is 2.73. The molecule has 0 spiro atoms. The van der Waals surface area contributed by atoms with Gasteiger partial charge in [-0.05, 0) is 12.1 Å². The van der Waals surface area contributed by atoms with Crippen LogP contribution in [0.1, 0.15) is 11.5 Å². The van der Waals surface area contributed by atoms with Gasteiger partial charge < -0.3 is 9.73 Å². The van der Waals surface area contributed by atoms with Crippen molar-refractivity contribution in [3.05, 3.63) is 34.5 Å². The molecule has 104 valence electrons. The van der Waals surface area contributed by atoms with Gasteiger partial charge in [0.05, 0.1) is 17.7 Å². The van der Waals surface area contributed by atoms with Crippen molar-refractivity contribution in [1.82, 2.24) is 14.6 Å². The van der Waals surface area contributed by atoms with Crippen molar-refractivity contribution in [2.75, 3.05) is 14.1 Å². The zero-order chi connectivity index (χ0) is 13.9. The molecule has 19 heavy (non-hydrogen) atoms. The number of rotatable bonds is 6. The predicted octanol–water partition coefficient (Wildman–Crippen LogP) is 1.28. The van der Waals surface area contributed by atoms with E-state index in [0.717, 1.165) is 10.00 Å². The number of furan rings is 1. The molecule has 8 heteroatoms. The Morgan fingerprint density at radius 1 is 1.37 bits per heavy atom. The minimum atomic E-state index is -3.50. The Hall–Kier alpha value is -1.22. The highest BCUT2D eigenvalue weighted by Gasteiger charge is 2.21. The lowest BCUT2D eigenvalue weighted by Crippen LogP contribution is -2.21. The first-order valence-corrected chi connectivity index (χ1v) is 7.97. The molecule has 0 aliphatic heterocycles. The highest BCUT2D eigenvalue weighted by molar-refractivity contribution is 7.88. The quantitative estimate of drug-likeness (QED) is 0.870. The second-order valence-corrected chi connectivity index (χ2v) is 6.89. The Bertz CT molecular complexity index is 617. The van der Waals surface area contributed by atoms with Crippen LogP contribution in [-0.4, -0.2) is 31.8 Å². The van der Waals surface area contributed by atoms with E-state index in [1.165, 1.54) is 31.5 Å². The molecule has 0 fully saturated rings. The first-order chi connectivity index (χ1) is 9.00. The molecule has 0 unspecified atom stereocenters. The third kappa shape index (κ3) is 3.41. The zero-order valence-electron chi connectivity index (χ0n) is 10.7. The molecular formula is C11H15N3O3S2. The van der Waals surface area contributed by atoms with E-state index in [1.807, 2.05) is 5.38 Å². The zero-order valence-corrected chi connectivity index (χ0v) is 12.3. The van der Waals surface area contributed by atoms with Crippen LogP contribution in [0.5, 0.6) is 0 Å². The van der Waals surface area contributed by atoms with Crippen LogP contribution < -0.4 is 5.32 Å². The highest BCUT2D eigenvalue weighted by atomic mass is 32.2. The summed E-state index contributed by atoms with van der Waals surface area (Å²) in [6.07, 6.45) is 0. The molecule has 2 aromatic heterocycles. The van der Waals surface area contributed by atoms with Crippen molar-refractivity contribution < 1.29 is 12.8 Å². The van der Waals surface area contributed by atoms with Gasteiger partial charge in [-0.15, -0.1) is 11.3 Å². The van der Waals surface area contributed by atoms with Crippen molar-refractivity contribution in [2.24, 2.45) is 0 Å². The molecule has 0 radical (unpaired) electrons. The topological polar surface area (TPSA) is 75.4 Å². The van der Waals surface area contributed by atoms with Crippen LogP contribution in [0.25, 0.3) is 0 Å². The standard InChI is InChI=1S/C11H15N3O3S2/c1-14(2)19(15,16)11-4-3-10(17-11)6-12-5-9-7-18-8-13-9/h3-4,7-8,12H,5-6H2,1-2H3. The van der Waals surface area contributed by atoms with Crippen LogP contribution >= 0.6 is 11.3 Å². The van der Waals surface area contributed by atoms with Crippen LogP contribution in [-0.2, 0) is 23.1 Å². The molecule has 2 rings (SSSR count). The molecule has 0 aliphatic rings. The van der Waals surface area contributed by atoms with E-state index in [4.69, 9.17) is 4.42 Å². The van der Waals surface area contributed by atoms with Gasteiger partial charge >= 0.3 is 0 Å². The maximum absolute atomic E-state index is 11.8. The van der Waals surface area contributed by atoms with E-state index >= 15 is 0 Å². The molecule has 2 aromatic rings. The molecule has 0 aliphatic carbocycles. The van der Waals surface area contributed by atoms with Gasteiger partial charge in [0.15, 0.2) is 0 Å². The van der Waals surface area contributed by atoms with E-state index in [9.17, 15) is 8.42 Å². The molecule has 6 nitrogen and oxygen atoms in total. The Balaban J connectivity index is 1.94. The van der Waals surface area contributed by atoms with E-state index in [-0.39, 0.29) is 5.09 Å². The molecule has 0 aromatic carbocycles. The number of hydrogen-bond donors (Lipinski definition) is 1. The Morgan fingerprint density at radius 2 is 2.16 bits per heavy atom. The molecule has 0 amide bonds. The van der Waals surface area contributed by atoms with Crippen molar-refractivity contribution in [3.63, 3.8) is 0 Å². The smallest absolute Gasteiger partial charge is 0.275 e. The van der Waals surface area contributed by atoms with Crippen LogP contribution in [0.2, 0.25) is 0 Å². The fourth-order valence-corrected chi connectivity index (χ4v) is 2.78. The van der Waals surface area contributed by atoms with E-state index in [0.29, 0.717) is 18.8 Å². The first kappa shape index (κ1) is 14.2. The number of sulfonamides is 1. The average molecular weight is 301 g/mol. The summed E-state index contributed by atoms with van der Waals surface area (Å²) in [6.45, 7) is 1.08. The first-order valence-electron chi connectivity index (χ1n) is 5.59. The summed E-state index contributed by atoms with van der Waals surface area (Å²) in [5, 5.41) is 5.06. The maximum atomic E-state index is 11.8. The lowest BCUT2D eigenvalue weighted by atomic mass is 10.4. The number of nitrogens with one attached hydrogen (secondary N) is 1. The monoisotopic (exact) mass is 301 g/mol. The Labute approximate surface area is 116 Å². The van der Waals surface area contributed by atoms with Crippen molar-refractivity contribution >= 4 is 21.4 Å². The fourth-order valence-electron chi connectivity index (χ4n) is 1.41. The van der Waals surface area contributed by atoms with Gasteiger partial charge in [0.2, 0.25) is 5.09 Å².